The van der Waals surface area contributed by atoms with Gasteiger partial charge in [0.15, 0.2) is 0 Å². The zero-order valence-corrected chi connectivity index (χ0v) is 14.3. The summed E-state index contributed by atoms with van der Waals surface area (Å²) >= 11 is 0. The van der Waals surface area contributed by atoms with E-state index >= 15 is 0 Å². The van der Waals surface area contributed by atoms with Gasteiger partial charge in [-0.1, -0.05) is 12.5 Å². The Bertz CT molecular complexity index is 691. The van der Waals surface area contributed by atoms with Crippen LogP contribution in [0.3, 0.4) is 0 Å². The standard InChI is InChI=1S/C18H26N4O/c1-14-7-6-10-22-16(12-19-18(14)22)11-17(23)21-9-5-4-8-15(13-21)20(2)3/h6-7,10,12,15H,4-5,8-9,11,13H2,1-3H3. The molecule has 1 aliphatic rings. The van der Waals surface area contributed by atoms with Gasteiger partial charge in [-0.3, -0.25) is 4.79 Å². The van der Waals surface area contributed by atoms with Gasteiger partial charge in [0.1, 0.15) is 5.65 Å². The molecule has 2 aromatic rings. The molecule has 1 unspecified atom stereocenters. The number of hydrogen-bond acceptors (Lipinski definition) is 3. The van der Waals surface area contributed by atoms with E-state index in [0.29, 0.717) is 12.5 Å². The molecule has 5 nitrogen and oxygen atoms in total. The highest BCUT2D eigenvalue weighted by Crippen LogP contribution is 2.16. The first kappa shape index (κ1) is 16.0. The van der Waals surface area contributed by atoms with E-state index < -0.39 is 0 Å². The Balaban J connectivity index is 1.76. The van der Waals surface area contributed by atoms with Gasteiger partial charge in [0.05, 0.1) is 12.1 Å². The summed E-state index contributed by atoms with van der Waals surface area (Å²) in [4.78, 5) is 21.5. The van der Waals surface area contributed by atoms with E-state index in [2.05, 4.69) is 24.0 Å². The number of carbonyl (C=O) groups excluding carboxylic acids is 1. The number of aromatic nitrogens is 2. The van der Waals surface area contributed by atoms with E-state index in [1.54, 1.807) is 0 Å². The van der Waals surface area contributed by atoms with E-state index in [1.807, 2.05) is 40.8 Å². The number of hydrogen-bond donors (Lipinski definition) is 0. The molecule has 0 radical (unpaired) electrons. The number of amides is 1. The van der Waals surface area contributed by atoms with Crippen LogP contribution in [0.25, 0.3) is 5.65 Å². The summed E-state index contributed by atoms with van der Waals surface area (Å²) in [5.74, 6) is 0.210. The molecule has 0 saturated carbocycles. The molecule has 0 bridgehead atoms. The fourth-order valence-corrected chi connectivity index (χ4v) is 3.37. The molecule has 1 fully saturated rings. The minimum atomic E-state index is 0.210. The Morgan fingerprint density at radius 3 is 3.00 bits per heavy atom. The highest BCUT2D eigenvalue weighted by molar-refractivity contribution is 5.78. The molecule has 0 N–H and O–H groups in total. The lowest BCUT2D eigenvalue weighted by atomic mass is 10.1. The number of rotatable bonds is 3. The summed E-state index contributed by atoms with van der Waals surface area (Å²) in [7, 11) is 4.21. The number of likely N-dealkylation sites (tertiary alicyclic amines) is 1. The summed E-state index contributed by atoms with van der Waals surface area (Å²) in [5.41, 5.74) is 3.05. The number of carbonyl (C=O) groups is 1. The van der Waals surface area contributed by atoms with Crippen LogP contribution in [0.15, 0.2) is 24.5 Å². The topological polar surface area (TPSA) is 40.9 Å². The SMILES string of the molecule is Cc1cccn2c(CC(=O)N3CCCCC(N(C)C)C3)cnc12. The van der Waals surface area contributed by atoms with Crippen molar-refractivity contribution in [1.29, 1.82) is 0 Å². The smallest absolute Gasteiger partial charge is 0.228 e. The van der Waals surface area contributed by atoms with Gasteiger partial charge in [-0.15, -0.1) is 0 Å². The molecule has 1 saturated heterocycles. The Morgan fingerprint density at radius 2 is 2.22 bits per heavy atom. The minimum absolute atomic E-state index is 0.210. The summed E-state index contributed by atoms with van der Waals surface area (Å²) in [6.45, 7) is 3.75. The van der Waals surface area contributed by atoms with Gasteiger partial charge >= 0.3 is 0 Å². The summed E-state index contributed by atoms with van der Waals surface area (Å²) in [6, 6.07) is 4.52. The molecule has 1 amide bonds. The van der Waals surface area contributed by atoms with Gasteiger partial charge in [0.25, 0.3) is 0 Å². The van der Waals surface area contributed by atoms with Crippen molar-refractivity contribution in [2.75, 3.05) is 27.2 Å². The third-order valence-corrected chi connectivity index (χ3v) is 4.87. The van der Waals surface area contributed by atoms with Crippen molar-refractivity contribution in [3.05, 3.63) is 35.8 Å². The molecular formula is C18H26N4O. The average molecular weight is 314 g/mol. The van der Waals surface area contributed by atoms with Crippen LogP contribution >= 0.6 is 0 Å². The Hall–Kier alpha value is -1.88. The largest absolute Gasteiger partial charge is 0.341 e. The van der Waals surface area contributed by atoms with Crippen molar-refractivity contribution in [2.45, 2.75) is 38.6 Å². The predicted octanol–water partition coefficient (Wildman–Crippen LogP) is 2.13. The Morgan fingerprint density at radius 1 is 1.39 bits per heavy atom. The summed E-state index contributed by atoms with van der Waals surface area (Å²) in [6.07, 6.45) is 7.71. The minimum Gasteiger partial charge on any atom is -0.341 e. The third kappa shape index (κ3) is 3.39. The maximum atomic E-state index is 12.8. The van der Waals surface area contributed by atoms with Crippen LogP contribution < -0.4 is 0 Å². The maximum Gasteiger partial charge on any atom is 0.228 e. The zero-order valence-electron chi connectivity index (χ0n) is 14.3. The lowest BCUT2D eigenvalue weighted by Crippen LogP contribution is -2.42. The summed E-state index contributed by atoms with van der Waals surface area (Å²) in [5, 5.41) is 0. The van der Waals surface area contributed by atoms with Gasteiger partial charge in [-0.05, 0) is 45.5 Å². The van der Waals surface area contributed by atoms with E-state index in [9.17, 15) is 4.79 Å². The zero-order chi connectivity index (χ0) is 16.4. The van der Waals surface area contributed by atoms with E-state index in [4.69, 9.17) is 0 Å². The second kappa shape index (κ2) is 6.71. The number of aryl methyl sites for hydroxylation is 1. The molecule has 3 rings (SSSR count). The van der Waals surface area contributed by atoms with Crippen molar-refractivity contribution >= 4 is 11.6 Å². The monoisotopic (exact) mass is 314 g/mol. The number of fused-ring (bicyclic) bond motifs is 1. The molecular weight excluding hydrogens is 288 g/mol. The molecule has 23 heavy (non-hydrogen) atoms. The van der Waals surface area contributed by atoms with E-state index in [0.717, 1.165) is 36.4 Å². The van der Waals surface area contributed by atoms with Crippen molar-refractivity contribution in [3.8, 4) is 0 Å². The van der Waals surface area contributed by atoms with E-state index in [1.165, 1.54) is 12.8 Å². The van der Waals surface area contributed by atoms with Gasteiger partial charge in [-0.25, -0.2) is 4.98 Å². The third-order valence-electron chi connectivity index (χ3n) is 4.87. The molecule has 0 aromatic carbocycles. The maximum absolute atomic E-state index is 12.8. The van der Waals surface area contributed by atoms with Crippen molar-refractivity contribution in [3.63, 3.8) is 0 Å². The highest BCUT2D eigenvalue weighted by atomic mass is 16.2. The number of nitrogens with zero attached hydrogens (tertiary/aromatic N) is 4. The van der Waals surface area contributed by atoms with Crippen molar-refractivity contribution in [1.82, 2.24) is 19.2 Å². The van der Waals surface area contributed by atoms with Crippen LogP contribution in [-0.4, -0.2) is 58.3 Å². The highest BCUT2D eigenvalue weighted by Gasteiger charge is 2.24. The second-order valence-corrected chi connectivity index (χ2v) is 6.76. The average Bonchev–Trinajstić information content (AvgIpc) is 2.78. The van der Waals surface area contributed by atoms with Crippen LogP contribution in [-0.2, 0) is 11.2 Å². The molecule has 2 aromatic heterocycles. The molecule has 0 spiro atoms. The lowest BCUT2D eigenvalue weighted by Gasteiger charge is -2.28. The fourth-order valence-electron chi connectivity index (χ4n) is 3.37. The number of likely N-dealkylation sites (N-methyl/N-ethyl adjacent to an activating group) is 1. The summed E-state index contributed by atoms with van der Waals surface area (Å²) < 4.78 is 2.04. The predicted molar refractivity (Wildman–Crippen MR) is 91.5 cm³/mol. The first-order valence-corrected chi connectivity index (χ1v) is 8.42. The first-order chi connectivity index (χ1) is 11.1. The van der Waals surface area contributed by atoms with Crippen LogP contribution in [0, 0.1) is 6.92 Å². The Labute approximate surface area is 137 Å². The Kier molecular flexibility index (Phi) is 4.66. The number of imidazole rings is 1. The number of pyridine rings is 1. The van der Waals surface area contributed by atoms with E-state index in [-0.39, 0.29) is 5.91 Å². The van der Waals surface area contributed by atoms with Crippen molar-refractivity contribution < 1.29 is 4.79 Å². The molecule has 5 heteroatoms. The molecule has 124 valence electrons. The second-order valence-electron chi connectivity index (χ2n) is 6.76. The first-order valence-electron chi connectivity index (χ1n) is 8.42. The van der Waals surface area contributed by atoms with Gasteiger partial charge in [0.2, 0.25) is 5.91 Å². The molecule has 1 aliphatic heterocycles. The van der Waals surface area contributed by atoms with Gasteiger partial charge in [-0.2, -0.15) is 0 Å². The molecule has 1 atom stereocenters. The van der Waals surface area contributed by atoms with Crippen LogP contribution in [0.2, 0.25) is 0 Å². The van der Waals surface area contributed by atoms with Gasteiger partial charge in [0, 0.05) is 31.5 Å². The quantitative estimate of drug-likeness (QED) is 0.871. The van der Waals surface area contributed by atoms with Crippen LogP contribution in [0.1, 0.15) is 30.5 Å². The fraction of sp³-hybridized carbons (Fsp3) is 0.556. The normalized spacial score (nSPS) is 19.3. The van der Waals surface area contributed by atoms with Crippen molar-refractivity contribution in [2.24, 2.45) is 0 Å². The molecule has 0 aliphatic carbocycles. The lowest BCUT2D eigenvalue weighted by molar-refractivity contribution is -0.131. The van der Waals surface area contributed by atoms with Gasteiger partial charge < -0.3 is 14.2 Å². The van der Waals surface area contributed by atoms with Crippen LogP contribution in [0.5, 0.6) is 0 Å². The van der Waals surface area contributed by atoms with Crippen LogP contribution in [0.4, 0.5) is 0 Å². The molecule has 3 heterocycles.